The van der Waals surface area contributed by atoms with Crippen molar-refractivity contribution < 1.29 is 18.7 Å². The number of carbonyl (C=O) groups excluding carboxylic acids is 1. The maximum atomic E-state index is 12.8. The Morgan fingerprint density at radius 1 is 1.09 bits per heavy atom. The molecule has 0 saturated heterocycles. The second-order valence-corrected chi connectivity index (χ2v) is 5.41. The van der Waals surface area contributed by atoms with Crippen LogP contribution in [-0.4, -0.2) is 25.9 Å². The number of carbonyl (C=O) groups is 1. The molecule has 0 bridgehead atoms. The fraction of sp³-hybridized carbons (Fsp3) is 0.188. The van der Waals surface area contributed by atoms with E-state index >= 15 is 0 Å². The summed E-state index contributed by atoms with van der Waals surface area (Å²) < 4.78 is 23.1. The Morgan fingerprint density at radius 3 is 2.41 bits per heavy atom. The molecule has 0 aliphatic heterocycles. The fourth-order valence-corrected chi connectivity index (χ4v) is 2.49. The number of benzene rings is 2. The van der Waals surface area contributed by atoms with Crippen LogP contribution in [0.2, 0.25) is 0 Å². The summed E-state index contributed by atoms with van der Waals surface area (Å²) in [5.74, 6) is 0.938. The van der Waals surface area contributed by atoms with Crippen LogP contribution in [0.5, 0.6) is 11.5 Å². The molecular weight excluding hydrogens is 305 g/mol. The van der Waals surface area contributed by atoms with Crippen LogP contribution in [0.4, 0.5) is 10.1 Å². The quantitative estimate of drug-likeness (QED) is 0.826. The Hall–Kier alpha value is -2.21. The van der Waals surface area contributed by atoms with Gasteiger partial charge in [0.05, 0.1) is 20.0 Å². The summed E-state index contributed by atoms with van der Waals surface area (Å²) in [6, 6.07) is 11.2. The molecule has 0 aliphatic carbocycles. The average Bonchev–Trinajstić information content (AvgIpc) is 2.54. The molecule has 22 heavy (non-hydrogen) atoms. The summed E-state index contributed by atoms with van der Waals surface area (Å²) in [5, 5.41) is 2.78. The van der Waals surface area contributed by atoms with E-state index < -0.39 is 0 Å². The second kappa shape index (κ2) is 7.70. The van der Waals surface area contributed by atoms with Gasteiger partial charge in [-0.15, -0.1) is 11.8 Å². The molecule has 0 atom stereocenters. The number of nitrogens with one attached hydrogen (secondary N) is 1. The van der Waals surface area contributed by atoms with E-state index in [4.69, 9.17) is 9.47 Å². The van der Waals surface area contributed by atoms with Crippen LogP contribution in [0.25, 0.3) is 0 Å². The molecule has 116 valence electrons. The van der Waals surface area contributed by atoms with Crippen LogP contribution < -0.4 is 14.8 Å². The highest BCUT2D eigenvalue weighted by molar-refractivity contribution is 8.00. The van der Waals surface area contributed by atoms with Crippen LogP contribution in [-0.2, 0) is 4.79 Å². The van der Waals surface area contributed by atoms with Gasteiger partial charge < -0.3 is 14.8 Å². The zero-order valence-electron chi connectivity index (χ0n) is 12.3. The van der Waals surface area contributed by atoms with Crippen molar-refractivity contribution in [1.29, 1.82) is 0 Å². The van der Waals surface area contributed by atoms with E-state index in [1.165, 1.54) is 31.0 Å². The number of thioether (sulfide) groups is 1. The third kappa shape index (κ3) is 4.39. The molecule has 1 N–H and O–H groups in total. The summed E-state index contributed by atoms with van der Waals surface area (Å²) in [7, 11) is 3.09. The molecule has 4 nitrogen and oxygen atoms in total. The highest BCUT2D eigenvalue weighted by Gasteiger charge is 2.08. The second-order valence-electron chi connectivity index (χ2n) is 4.36. The Balaban J connectivity index is 1.93. The molecule has 2 rings (SSSR count). The van der Waals surface area contributed by atoms with Gasteiger partial charge in [-0.05, 0) is 36.4 Å². The first-order valence-electron chi connectivity index (χ1n) is 6.52. The first-order valence-corrected chi connectivity index (χ1v) is 7.51. The highest BCUT2D eigenvalue weighted by atomic mass is 32.2. The zero-order valence-corrected chi connectivity index (χ0v) is 13.1. The molecule has 2 aromatic rings. The lowest BCUT2D eigenvalue weighted by atomic mass is 10.2. The van der Waals surface area contributed by atoms with E-state index in [0.717, 1.165) is 4.90 Å². The van der Waals surface area contributed by atoms with Crippen molar-refractivity contribution >= 4 is 23.4 Å². The summed E-state index contributed by atoms with van der Waals surface area (Å²) in [5.41, 5.74) is 0.627. The number of ether oxygens (including phenoxy) is 2. The van der Waals surface area contributed by atoms with E-state index in [0.29, 0.717) is 17.2 Å². The van der Waals surface area contributed by atoms with Gasteiger partial charge in [0, 0.05) is 16.6 Å². The highest BCUT2D eigenvalue weighted by Crippen LogP contribution is 2.29. The lowest BCUT2D eigenvalue weighted by Gasteiger charge is -2.10. The van der Waals surface area contributed by atoms with E-state index in [-0.39, 0.29) is 17.5 Å². The number of hydrogen-bond acceptors (Lipinski definition) is 4. The number of methoxy groups -OCH3 is 2. The van der Waals surface area contributed by atoms with Crippen molar-refractivity contribution in [2.24, 2.45) is 0 Å². The van der Waals surface area contributed by atoms with E-state index in [1.807, 2.05) is 0 Å². The molecule has 0 saturated carbocycles. The summed E-state index contributed by atoms with van der Waals surface area (Å²) in [6.45, 7) is 0. The van der Waals surface area contributed by atoms with Gasteiger partial charge in [-0.25, -0.2) is 4.39 Å². The molecule has 2 aromatic carbocycles. The van der Waals surface area contributed by atoms with Gasteiger partial charge >= 0.3 is 0 Å². The molecule has 1 amide bonds. The minimum absolute atomic E-state index is 0.151. The third-order valence-electron chi connectivity index (χ3n) is 2.85. The Morgan fingerprint density at radius 2 is 1.77 bits per heavy atom. The fourth-order valence-electron chi connectivity index (χ4n) is 1.79. The van der Waals surface area contributed by atoms with Crippen molar-refractivity contribution in [3.05, 3.63) is 48.3 Å². The van der Waals surface area contributed by atoms with Gasteiger partial charge in [0.25, 0.3) is 0 Å². The first-order chi connectivity index (χ1) is 10.6. The normalized spacial score (nSPS) is 10.1. The van der Waals surface area contributed by atoms with E-state index in [1.54, 1.807) is 37.4 Å². The standard InChI is InChI=1S/C16H16FNO3S/c1-20-14-8-5-12(9-15(14)21-2)18-16(19)10-22-13-6-3-11(17)4-7-13/h3-9H,10H2,1-2H3,(H,18,19). The number of amides is 1. The lowest BCUT2D eigenvalue weighted by Crippen LogP contribution is -2.14. The third-order valence-corrected chi connectivity index (χ3v) is 3.86. The Labute approximate surface area is 132 Å². The smallest absolute Gasteiger partial charge is 0.234 e. The van der Waals surface area contributed by atoms with Crippen LogP contribution in [0.3, 0.4) is 0 Å². The van der Waals surface area contributed by atoms with Gasteiger partial charge in [-0.2, -0.15) is 0 Å². The van der Waals surface area contributed by atoms with E-state index in [9.17, 15) is 9.18 Å². The van der Waals surface area contributed by atoms with Gasteiger partial charge in [0.15, 0.2) is 11.5 Å². The molecular formula is C16H16FNO3S. The minimum Gasteiger partial charge on any atom is -0.493 e. The molecule has 0 heterocycles. The maximum absolute atomic E-state index is 12.8. The number of rotatable bonds is 6. The summed E-state index contributed by atoms with van der Waals surface area (Å²) in [4.78, 5) is 12.8. The van der Waals surface area contributed by atoms with Crippen LogP contribution in [0.1, 0.15) is 0 Å². The van der Waals surface area contributed by atoms with Gasteiger partial charge in [0.1, 0.15) is 5.82 Å². The zero-order chi connectivity index (χ0) is 15.9. The molecule has 0 unspecified atom stereocenters. The van der Waals surface area contributed by atoms with E-state index in [2.05, 4.69) is 5.32 Å². The molecule has 0 fully saturated rings. The molecule has 6 heteroatoms. The first kappa shape index (κ1) is 16.2. The van der Waals surface area contributed by atoms with Gasteiger partial charge in [0.2, 0.25) is 5.91 Å². The van der Waals surface area contributed by atoms with Crippen molar-refractivity contribution in [2.45, 2.75) is 4.90 Å². The largest absolute Gasteiger partial charge is 0.493 e. The van der Waals surface area contributed by atoms with Gasteiger partial charge in [-0.1, -0.05) is 0 Å². The number of anilines is 1. The Kier molecular flexibility index (Phi) is 5.66. The summed E-state index contributed by atoms with van der Waals surface area (Å²) in [6.07, 6.45) is 0. The van der Waals surface area contributed by atoms with Crippen LogP contribution >= 0.6 is 11.8 Å². The lowest BCUT2D eigenvalue weighted by molar-refractivity contribution is -0.113. The van der Waals surface area contributed by atoms with Crippen LogP contribution in [0.15, 0.2) is 47.4 Å². The topological polar surface area (TPSA) is 47.6 Å². The maximum Gasteiger partial charge on any atom is 0.234 e. The number of hydrogen-bond donors (Lipinski definition) is 1. The molecule has 0 aromatic heterocycles. The van der Waals surface area contributed by atoms with Crippen molar-refractivity contribution in [3.63, 3.8) is 0 Å². The van der Waals surface area contributed by atoms with Crippen molar-refractivity contribution in [1.82, 2.24) is 0 Å². The molecule has 0 radical (unpaired) electrons. The minimum atomic E-state index is -0.292. The monoisotopic (exact) mass is 321 g/mol. The predicted octanol–water partition coefficient (Wildman–Crippen LogP) is 3.57. The molecule has 0 aliphatic rings. The Bertz CT molecular complexity index is 646. The van der Waals surface area contributed by atoms with Crippen molar-refractivity contribution in [2.75, 3.05) is 25.3 Å². The molecule has 0 spiro atoms. The van der Waals surface area contributed by atoms with Crippen LogP contribution in [0, 0.1) is 5.82 Å². The summed E-state index contributed by atoms with van der Waals surface area (Å²) >= 11 is 1.34. The van der Waals surface area contributed by atoms with Gasteiger partial charge in [-0.3, -0.25) is 4.79 Å². The average molecular weight is 321 g/mol. The van der Waals surface area contributed by atoms with Crippen molar-refractivity contribution in [3.8, 4) is 11.5 Å². The predicted molar refractivity (Wildman–Crippen MR) is 85.3 cm³/mol. The number of halogens is 1. The SMILES string of the molecule is COc1ccc(NC(=O)CSc2ccc(F)cc2)cc1OC.